The standard InChI is InChI=1S/C20H26N2O4/c1-2-15-3-5-17(6-4-15)22-14-16(13-18(22)23)19(24)21-9-7-20(8-10-21)25-11-12-26-20/h3-6,16H,2,7-14H2,1H3. The summed E-state index contributed by atoms with van der Waals surface area (Å²) in [6.45, 7) is 5.12. The zero-order valence-electron chi connectivity index (χ0n) is 15.3. The molecule has 1 unspecified atom stereocenters. The van der Waals surface area contributed by atoms with E-state index in [-0.39, 0.29) is 17.7 Å². The van der Waals surface area contributed by atoms with Gasteiger partial charge in [0.15, 0.2) is 5.79 Å². The van der Waals surface area contributed by atoms with E-state index in [1.54, 1.807) is 4.90 Å². The molecule has 3 heterocycles. The maximum atomic E-state index is 12.9. The van der Waals surface area contributed by atoms with Crippen LogP contribution >= 0.6 is 0 Å². The van der Waals surface area contributed by atoms with Gasteiger partial charge in [-0.05, 0) is 24.1 Å². The highest BCUT2D eigenvalue weighted by atomic mass is 16.7. The molecule has 140 valence electrons. The lowest BCUT2D eigenvalue weighted by molar-refractivity contribution is -0.188. The monoisotopic (exact) mass is 358 g/mol. The number of nitrogens with zero attached hydrogens (tertiary/aromatic N) is 2. The lowest BCUT2D eigenvalue weighted by Crippen LogP contribution is -2.49. The highest BCUT2D eigenvalue weighted by molar-refractivity contribution is 6.00. The van der Waals surface area contributed by atoms with Gasteiger partial charge in [-0.3, -0.25) is 9.59 Å². The molecule has 3 aliphatic heterocycles. The Bertz CT molecular complexity index is 672. The Balaban J connectivity index is 1.38. The molecule has 6 nitrogen and oxygen atoms in total. The summed E-state index contributed by atoms with van der Waals surface area (Å²) in [4.78, 5) is 29.0. The number of likely N-dealkylation sites (tertiary alicyclic amines) is 1. The summed E-state index contributed by atoms with van der Waals surface area (Å²) in [5, 5.41) is 0. The number of anilines is 1. The van der Waals surface area contributed by atoms with Crippen molar-refractivity contribution < 1.29 is 19.1 Å². The molecule has 3 fully saturated rings. The van der Waals surface area contributed by atoms with E-state index in [9.17, 15) is 9.59 Å². The lowest BCUT2D eigenvalue weighted by atomic mass is 10.0. The molecule has 0 saturated carbocycles. The molecular formula is C20H26N2O4. The van der Waals surface area contributed by atoms with Gasteiger partial charge in [0.1, 0.15) is 0 Å². The summed E-state index contributed by atoms with van der Waals surface area (Å²) >= 11 is 0. The summed E-state index contributed by atoms with van der Waals surface area (Å²) < 4.78 is 11.4. The van der Waals surface area contributed by atoms with Crippen molar-refractivity contribution in [1.29, 1.82) is 0 Å². The summed E-state index contributed by atoms with van der Waals surface area (Å²) in [5.74, 6) is -0.620. The molecule has 1 atom stereocenters. The quantitative estimate of drug-likeness (QED) is 0.829. The molecule has 2 amide bonds. The van der Waals surface area contributed by atoms with E-state index in [1.165, 1.54) is 5.56 Å². The fraction of sp³-hybridized carbons (Fsp3) is 0.600. The number of ether oxygens (including phenoxy) is 2. The second-order valence-electron chi connectivity index (χ2n) is 7.36. The molecular weight excluding hydrogens is 332 g/mol. The first-order valence-electron chi connectivity index (χ1n) is 9.56. The van der Waals surface area contributed by atoms with Crippen LogP contribution in [0.1, 0.15) is 31.7 Å². The van der Waals surface area contributed by atoms with Gasteiger partial charge in [0.2, 0.25) is 11.8 Å². The topological polar surface area (TPSA) is 59.1 Å². The predicted octanol–water partition coefficient (Wildman–Crippen LogP) is 1.97. The zero-order chi connectivity index (χ0) is 18.1. The van der Waals surface area contributed by atoms with Crippen molar-refractivity contribution in [3.8, 4) is 0 Å². The van der Waals surface area contributed by atoms with E-state index in [0.717, 1.165) is 12.1 Å². The Morgan fingerprint density at radius 3 is 2.42 bits per heavy atom. The maximum absolute atomic E-state index is 12.9. The van der Waals surface area contributed by atoms with Crippen LogP contribution in [-0.2, 0) is 25.5 Å². The van der Waals surface area contributed by atoms with Crippen molar-refractivity contribution in [3.63, 3.8) is 0 Å². The minimum Gasteiger partial charge on any atom is -0.347 e. The fourth-order valence-electron chi connectivity index (χ4n) is 4.15. The molecule has 4 rings (SSSR count). The molecule has 6 heteroatoms. The summed E-state index contributed by atoms with van der Waals surface area (Å²) in [7, 11) is 0. The van der Waals surface area contributed by atoms with Gasteiger partial charge in [-0.2, -0.15) is 0 Å². The highest BCUT2D eigenvalue weighted by Crippen LogP contribution is 2.33. The van der Waals surface area contributed by atoms with Crippen molar-refractivity contribution in [3.05, 3.63) is 29.8 Å². The number of benzene rings is 1. The highest BCUT2D eigenvalue weighted by Gasteiger charge is 2.43. The van der Waals surface area contributed by atoms with Crippen LogP contribution in [0, 0.1) is 5.92 Å². The van der Waals surface area contributed by atoms with Gasteiger partial charge in [0.05, 0.1) is 19.1 Å². The van der Waals surface area contributed by atoms with Gasteiger partial charge >= 0.3 is 0 Å². The van der Waals surface area contributed by atoms with E-state index in [0.29, 0.717) is 52.1 Å². The number of carbonyl (C=O) groups is 2. The third kappa shape index (κ3) is 3.23. The molecule has 3 saturated heterocycles. The Labute approximate surface area is 154 Å². The van der Waals surface area contributed by atoms with E-state index >= 15 is 0 Å². The van der Waals surface area contributed by atoms with Crippen molar-refractivity contribution in [2.45, 2.75) is 38.4 Å². The minimum atomic E-state index is -0.477. The van der Waals surface area contributed by atoms with E-state index in [4.69, 9.17) is 9.47 Å². The van der Waals surface area contributed by atoms with Crippen molar-refractivity contribution in [2.24, 2.45) is 5.92 Å². The molecule has 1 aromatic rings. The average Bonchev–Trinajstić information content (AvgIpc) is 3.29. The van der Waals surface area contributed by atoms with Crippen LogP contribution in [0.15, 0.2) is 24.3 Å². The largest absolute Gasteiger partial charge is 0.347 e. The smallest absolute Gasteiger partial charge is 0.228 e. The van der Waals surface area contributed by atoms with Crippen LogP contribution in [0.25, 0.3) is 0 Å². The van der Waals surface area contributed by atoms with Crippen LogP contribution in [0.4, 0.5) is 5.69 Å². The van der Waals surface area contributed by atoms with Gasteiger partial charge < -0.3 is 19.3 Å². The second-order valence-corrected chi connectivity index (χ2v) is 7.36. The van der Waals surface area contributed by atoms with Crippen molar-refractivity contribution >= 4 is 17.5 Å². The minimum absolute atomic E-state index is 0.0311. The molecule has 0 bridgehead atoms. The zero-order valence-corrected chi connectivity index (χ0v) is 15.3. The van der Waals surface area contributed by atoms with Gasteiger partial charge in [-0.15, -0.1) is 0 Å². The van der Waals surface area contributed by atoms with Crippen molar-refractivity contribution in [1.82, 2.24) is 4.90 Å². The third-order valence-electron chi connectivity index (χ3n) is 5.78. The number of hydrogen-bond acceptors (Lipinski definition) is 4. The van der Waals surface area contributed by atoms with Gasteiger partial charge in [0.25, 0.3) is 0 Å². The number of hydrogen-bond donors (Lipinski definition) is 0. The Kier molecular flexibility index (Phi) is 4.71. The van der Waals surface area contributed by atoms with Gasteiger partial charge in [-0.1, -0.05) is 19.1 Å². The SMILES string of the molecule is CCc1ccc(N2CC(C(=O)N3CCC4(CC3)OCCO4)CC2=O)cc1. The normalized spacial score (nSPS) is 25.3. The number of piperidine rings is 1. The van der Waals surface area contributed by atoms with Crippen LogP contribution in [0.2, 0.25) is 0 Å². The Morgan fingerprint density at radius 2 is 1.81 bits per heavy atom. The first-order chi connectivity index (χ1) is 12.6. The first kappa shape index (κ1) is 17.5. The first-order valence-corrected chi connectivity index (χ1v) is 9.56. The summed E-state index contributed by atoms with van der Waals surface area (Å²) in [6, 6.07) is 8.04. The fourth-order valence-corrected chi connectivity index (χ4v) is 4.15. The molecule has 0 N–H and O–H groups in total. The number of rotatable bonds is 3. The third-order valence-corrected chi connectivity index (χ3v) is 5.78. The Morgan fingerprint density at radius 1 is 1.15 bits per heavy atom. The summed E-state index contributed by atoms with van der Waals surface area (Å²) in [5.41, 5.74) is 2.12. The van der Waals surface area contributed by atoms with E-state index in [1.807, 2.05) is 29.2 Å². The number of aryl methyl sites for hydroxylation is 1. The van der Waals surface area contributed by atoms with Crippen LogP contribution < -0.4 is 4.90 Å². The van der Waals surface area contributed by atoms with E-state index < -0.39 is 5.79 Å². The van der Waals surface area contributed by atoms with Crippen LogP contribution in [-0.4, -0.2) is 55.3 Å². The van der Waals surface area contributed by atoms with E-state index in [2.05, 4.69) is 6.92 Å². The number of carbonyl (C=O) groups excluding carboxylic acids is 2. The molecule has 26 heavy (non-hydrogen) atoms. The molecule has 1 spiro atoms. The molecule has 0 aliphatic carbocycles. The number of amides is 2. The molecule has 1 aromatic carbocycles. The molecule has 3 aliphatic rings. The second kappa shape index (κ2) is 7.00. The molecule has 0 aromatic heterocycles. The van der Waals surface area contributed by atoms with Gasteiger partial charge in [0, 0.05) is 44.6 Å². The lowest BCUT2D eigenvalue weighted by Gasteiger charge is -2.38. The van der Waals surface area contributed by atoms with Gasteiger partial charge in [-0.25, -0.2) is 0 Å². The predicted molar refractivity (Wildman–Crippen MR) is 96.7 cm³/mol. The average molecular weight is 358 g/mol. The van der Waals surface area contributed by atoms with Crippen molar-refractivity contribution in [2.75, 3.05) is 37.7 Å². The maximum Gasteiger partial charge on any atom is 0.228 e. The Hall–Kier alpha value is -1.92. The van der Waals surface area contributed by atoms with Crippen LogP contribution in [0.5, 0.6) is 0 Å². The summed E-state index contributed by atoms with van der Waals surface area (Å²) in [6.07, 6.45) is 2.69. The molecule has 0 radical (unpaired) electrons. The van der Waals surface area contributed by atoms with Crippen LogP contribution in [0.3, 0.4) is 0 Å².